The second-order valence-electron chi connectivity index (χ2n) is 7.43. The third kappa shape index (κ3) is 4.44. The standard InChI is InChI=1S/C19H29N3O4S/c1-20-11-13-21(14-12-20)19(23)17-15-16(7-8-18(17)26-2)27(24,25)22-9-5-3-4-6-10-22/h7-8,15H,3-6,9-14H2,1-2H3/p+1. The summed E-state index contributed by atoms with van der Waals surface area (Å²) in [5.41, 5.74) is 0.327. The first kappa shape index (κ1) is 20.1. The number of methoxy groups -OCH3 is 1. The first-order valence-electron chi connectivity index (χ1n) is 9.72. The highest BCUT2D eigenvalue weighted by atomic mass is 32.2. The van der Waals surface area contributed by atoms with Crippen molar-refractivity contribution in [1.29, 1.82) is 0 Å². The summed E-state index contributed by atoms with van der Waals surface area (Å²) in [6.45, 7) is 4.19. The third-order valence-corrected chi connectivity index (χ3v) is 7.40. The molecule has 2 heterocycles. The van der Waals surface area contributed by atoms with Crippen LogP contribution in [0.5, 0.6) is 5.75 Å². The Bertz CT molecular complexity index is 765. The van der Waals surface area contributed by atoms with E-state index in [-0.39, 0.29) is 10.8 Å². The van der Waals surface area contributed by atoms with Crippen LogP contribution in [0.2, 0.25) is 0 Å². The number of nitrogens with one attached hydrogen (secondary N) is 1. The topological polar surface area (TPSA) is 71.4 Å². The van der Waals surface area contributed by atoms with Crippen LogP contribution in [0.25, 0.3) is 0 Å². The summed E-state index contributed by atoms with van der Waals surface area (Å²) in [5.74, 6) is 0.258. The second kappa shape index (κ2) is 8.58. The Balaban J connectivity index is 1.89. The van der Waals surface area contributed by atoms with Crippen molar-refractivity contribution in [2.45, 2.75) is 30.6 Å². The van der Waals surface area contributed by atoms with Gasteiger partial charge in [0.15, 0.2) is 0 Å². The van der Waals surface area contributed by atoms with Crippen molar-refractivity contribution in [2.24, 2.45) is 0 Å². The number of sulfonamides is 1. The molecular formula is C19H30N3O4S+. The number of hydrogen-bond acceptors (Lipinski definition) is 4. The lowest BCUT2D eigenvalue weighted by atomic mass is 10.1. The van der Waals surface area contributed by atoms with E-state index < -0.39 is 10.0 Å². The van der Waals surface area contributed by atoms with Gasteiger partial charge < -0.3 is 14.5 Å². The Morgan fingerprint density at radius 2 is 1.67 bits per heavy atom. The highest BCUT2D eigenvalue weighted by Gasteiger charge is 2.29. The summed E-state index contributed by atoms with van der Waals surface area (Å²) >= 11 is 0. The van der Waals surface area contributed by atoms with E-state index in [1.165, 1.54) is 18.1 Å². The van der Waals surface area contributed by atoms with Gasteiger partial charge in [-0.2, -0.15) is 4.31 Å². The van der Waals surface area contributed by atoms with Crippen LogP contribution in [0.4, 0.5) is 0 Å². The number of amides is 1. The van der Waals surface area contributed by atoms with Crippen molar-refractivity contribution in [1.82, 2.24) is 9.21 Å². The van der Waals surface area contributed by atoms with Gasteiger partial charge in [-0.05, 0) is 31.0 Å². The molecular weight excluding hydrogens is 366 g/mol. The fourth-order valence-electron chi connectivity index (χ4n) is 3.71. The number of carbonyl (C=O) groups is 1. The zero-order valence-electron chi connectivity index (χ0n) is 16.2. The van der Waals surface area contributed by atoms with Crippen molar-refractivity contribution in [3.63, 3.8) is 0 Å². The van der Waals surface area contributed by atoms with E-state index in [1.54, 1.807) is 21.3 Å². The van der Waals surface area contributed by atoms with Crippen molar-refractivity contribution in [2.75, 3.05) is 53.4 Å². The van der Waals surface area contributed by atoms with E-state index in [2.05, 4.69) is 7.05 Å². The molecule has 150 valence electrons. The van der Waals surface area contributed by atoms with Crippen molar-refractivity contribution in [3.05, 3.63) is 23.8 Å². The number of ether oxygens (including phenoxy) is 1. The van der Waals surface area contributed by atoms with Gasteiger partial charge in [0, 0.05) is 13.1 Å². The largest absolute Gasteiger partial charge is 0.496 e. The number of quaternary nitrogens is 1. The van der Waals surface area contributed by atoms with Crippen molar-refractivity contribution >= 4 is 15.9 Å². The smallest absolute Gasteiger partial charge is 0.258 e. The predicted octanol–water partition coefficient (Wildman–Crippen LogP) is 0.230. The second-order valence-corrected chi connectivity index (χ2v) is 9.37. The lowest BCUT2D eigenvalue weighted by Crippen LogP contribution is -3.12. The van der Waals surface area contributed by atoms with Gasteiger partial charge in [0.1, 0.15) is 5.75 Å². The summed E-state index contributed by atoms with van der Waals surface area (Å²) in [6, 6.07) is 4.63. The van der Waals surface area contributed by atoms with Gasteiger partial charge in [-0.15, -0.1) is 0 Å². The number of piperazine rings is 1. The minimum Gasteiger partial charge on any atom is -0.496 e. The van der Waals surface area contributed by atoms with Gasteiger partial charge in [-0.25, -0.2) is 8.42 Å². The number of nitrogens with zero attached hydrogens (tertiary/aromatic N) is 2. The summed E-state index contributed by atoms with van der Waals surface area (Å²) in [6.07, 6.45) is 3.88. The van der Waals surface area contributed by atoms with Gasteiger partial charge in [-0.3, -0.25) is 4.79 Å². The predicted molar refractivity (Wildman–Crippen MR) is 103 cm³/mol. The number of rotatable bonds is 4. The summed E-state index contributed by atoms with van der Waals surface area (Å²) in [5, 5.41) is 0. The maximum atomic E-state index is 13.1. The first-order valence-corrected chi connectivity index (χ1v) is 11.2. The SMILES string of the molecule is COc1ccc(S(=O)(=O)N2CCCCCC2)cc1C(=O)N1CC[NH+](C)CC1. The minimum absolute atomic E-state index is 0.160. The fourth-order valence-corrected chi connectivity index (χ4v) is 5.25. The highest BCUT2D eigenvalue weighted by Crippen LogP contribution is 2.27. The Morgan fingerprint density at radius 3 is 2.26 bits per heavy atom. The van der Waals surface area contributed by atoms with Crippen molar-refractivity contribution in [3.8, 4) is 5.75 Å². The molecule has 8 heteroatoms. The van der Waals surface area contributed by atoms with Gasteiger partial charge >= 0.3 is 0 Å². The van der Waals surface area contributed by atoms with Gasteiger partial charge in [0.2, 0.25) is 10.0 Å². The molecule has 1 aromatic rings. The first-order chi connectivity index (χ1) is 12.9. The van der Waals surface area contributed by atoms with E-state index in [1.807, 2.05) is 0 Å². The maximum Gasteiger partial charge on any atom is 0.258 e. The summed E-state index contributed by atoms with van der Waals surface area (Å²) in [4.78, 5) is 16.4. The molecule has 3 rings (SSSR count). The molecule has 0 atom stereocenters. The van der Waals surface area contributed by atoms with Crippen LogP contribution in [0.15, 0.2) is 23.1 Å². The number of likely N-dealkylation sites (N-methyl/N-ethyl adjacent to an activating group) is 1. The van der Waals surface area contributed by atoms with E-state index in [0.29, 0.717) is 37.5 Å². The normalized spacial score (nSPS) is 20.3. The van der Waals surface area contributed by atoms with Gasteiger partial charge in [0.05, 0.1) is 50.8 Å². The van der Waals surface area contributed by atoms with Gasteiger partial charge in [-0.1, -0.05) is 12.8 Å². The number of hydrogen-bond donors (Lipinski definition) is 1. The Labute approximate surface area is 161 Å². The number of carbonyl (C=O) groups excluding carboxylic acids is 1. The molecule has 0 aliphatic carbocycles. The van der Waals surface area contributed by atoms with Crippen LogP contribution in [-0.4, -0.2) is 77.0 Å². The molecule has 1 amide bonds. The molecule has 1 N–H and O–H groups in total. The Hall–Kier alpha value is -1.64. The molecule has 1 aromatic carbocycles. The molecule has 0 aromatic heterocycles. The van der Waals surface area contributed by atoms with Gasteiger partial charge in [0.25, 0.3) is 5.91 Å². The maximum absolute atomic E-state index is 13.1. The third-order valence-electron chi connectivity index (χ3n) is 5.51. The average molecular weight is 397 g/mol. The lowest BCUT2D eigenvalue weighted by molar-refractivity contribution is -0.883. The van der Waals surface area contributed by atoms with Crippen LogP contribution in [-0.2, 0) is 10.0 Å². The summed E-state index contributed by atoms with van der Waals surface area (Å²) < 4.78 is 33.1. The zero-order valence-corrected chi connectivity index (χ0v) is 17.1. The van der Waals surface area contributed by atoms with E-state index in [4.69, 9.17) is 4.74 Å². The van der Waals surface area contributed by atoms with E-state index in [9.17, 15) is 13.2 Å². The van der Waals surface area contributed by atoms with Crippen LogP contribution >= 0.6 is 0 Å². The van der Waals surface area contributed by atoms with Crippen molar-refractivity contribution < 1.29 is 22.8 Å². The molecule has 2 fully saturated rings. The van der Waals surface area contributed by atoms with E-state index >= 15 is 0 Å². The molecule has 0 unspecified atom stereocenters. The van der Waals surface area contributed by atoms with Crippen LogP contribution in [0.1, 0.15) is 36.0 Å². The van der Waals surface area contributed by atoms with Crippen LogP contribution in [0, 0.1) is 0 Å². The molecule has 0 saturated carbocycles. The quantitative estimate of drug-likeness (QED) is 0.791. The molecule has 2 aliphatic rings. The van der Waals surface area contributed by atoms with E-state index in [0.717, 1.165) is 38.8 Å². The molecule has 0 radical (unpaired) electrons. The molecule has 0 bridgehead atoms. The highest BCUT2D eigenvalue weighted by molar-refractivity contribution is 7.89. The Kier molecular flexibility index (Phi) is 6.39. The number of benzene rings is 1. The van der Waals surface area contributed by atoms with Crippen LogP contribution in [0.3, 0.4) is 0 Å². The molecule has 2 saturated heterocycles. The molecule has 0 spiro atoms. The molecule has 2 aliphatic heterocycles. The summed E-state index contributed by atoms with van der Waals surface area (Å²) in [7, 11) is 0.00817. The van der Waals surface area contributed by atoms with Crippen LogP contribution < -0.4 is 9.64 Å². The fraction of sp³-hybridized carbons (Fsp3) is 0.632. The minimum atomic E-state index is -3.60. The monoisotopic (exact) mass is 396 g/mol. The molecule has 27 heavy (non-hydrogen) atoms. The zero-order chi connectivity index (χ0) is 19.4. The molecule has 7 nitrogen and oxygen atoms in total. The average Bonchev–Trinajstić information content (AvgIpc) is 2.97. The Morgan fingerprint density at radius 1 is 1.04 bits per heavy atom. The lowest BCUT2D eigenvalue weighted by Gasteiger charge is -2.30.